The fraction of sp³-hybridized carbons (Fsp3) is 0.316. The molecule has 2 heterocycles. The van der Waals surface area contributed by atoms with Crippen LogP contribution in [-0.4, -0.2) is 21.5 Å². The quantitative estimate of drug-likeness (QED) is 0.0899. The van der Waals surface area contributed by atoms with E-state index in [1.165, 1.54) is 83.8 Å². The largest absolute Gasteiger partial charge is 0.255 e. The molecule has 0 aliphatic carbocycles. The van der Waals surface area contributed by atoms with Crippen molar-refractivity contribution in [2.24, 2.45) is 0 Å². The smallest absolute Gasteiger partial charge is 0.0892 e. The summed E-state index contributed by atoms with van der Waals surface area (Å²) in [5.74, 6) is 2.40. The van der Waals surface area contributed by atoms with Gasteiger partial charge in [0, 0.05) is 22.2 Å². The van der Waals surface area contributed by atoms with Crippen molar-refractivity contribution < 1.29 is 0 Å². The molecule has 0 atom stereocenters. The normalized spacial score (nSPS) is 11.6. The summed E-state index contributed by atoms with van der Waals surface area (Å²) in [7, 11) is 0. The number of aromatic nitrogens is 2. The van der Waals surface area contributed by atoms with E-state index in [9.17, 15) is 0 Å². The molecule has 218 valence electrons. The molecule has 2 aromatic heterocycles. The number of hydrogen-bond donors (Lipinski definition) is 0. The highest BCUT2D eigenvalue weighted by molar-refractivity contribution is 7.99. The molecule has 0 aliphatic rings. The van der Waals surface area contributed by atoms with Crippen LogP contribution in [0.15, 0.2) is 95.0 Å². The van der Waals surface area contributed by atoms with Crippen LogP contribution in [-0.2, 0) is 0 Å². The Morgan fingerprint density at radius 3 is 1.29 bits per heavy atom. The number of rotatable bonds is 17. The molecule has 4 rings (SSSR count). The van der Waals surface area contributed by atoms with E-state index in [4.69, 9.17) is 0 Å². The lowest BCUT2D eigenvalue weighted by Gasteiger charge is -2.04. The van der Waals surface area contributed by atoms with Gasteiger partial charge >= 0.3 is 0 Å². The highest BCUT2D eigenvalue weighted by Gasteiger charge is 2.03. The first-order valence-electron chi connectivity index (χ1n) is 15.5. The summed E-state index contributed by atoms with van der Waals surface area (Å²) in [4.78, 5) is 11.9. The van der Waals surface area contributed by atoms with Crippen LogP contribution in [0, 0.1) is 0 Å². The maximum absolute atomic E-state index is 4.61. The molecule has 0 amide bonds. The highest BCUT2D eigenvalue weighted by atomic mass is 32.2. The van der Waals surface area contributed by atoms with E-state index in [2.05, 4.69) is 109 Å². The molecule has 0 saturated carbocycles. The topological polar surface area (TPSA) is 25.8 Å². The van der Waals surface area contributed by atoms with Crippen molar-refractivity contribution in [3.05, 3.63) is 107 Å². The van der Waals surface area contributed by atoms with Crippen LogP contribution in [0.4, 0.5) is 0 Å². The summed E-state index contributed by atoms with van der Waals surface area (Å²) in [6, 6.07) is 26.0. The molecule has 0 radical (unpaired) electrons. The second-order valence-electron chi connectivity index (χ2n) is 10.6. The van der Waals surface area contributed by atoms with Gasteiger partial charge in [-0.1, -0.05) is 101 Å². The molecule has 2 nitrogen and oxygen atoms in total. The third-order valence-corrected chi connectivity index (χ3v) is 9.26. The Labute approximate surface area is 262 Å². The Morgan fingerprint density at radius 1 is 0.476 bits per heavy atom. The van der Waals surface area contributed by atoms with Gasteiger partial charge in [0.1, 0.15) is 0 Å². The van der Waals surface area contributed by atoms with Gasteiger partial charge in [0.05, 0.1) is 11.4 Å². The van der Waals surface area contributed by atoms with Crippen LogP contribution in [0.25, 0.3) is 35.7 Å². The van der Waals surface area contributed by atoms with E-state index >= 15 is 0 Å². The van der Waals surface area contributed by atoms with E-state index in [0.29, 0.717) is 0 Å². The molecule has 4 heteroatoms. The molecular weight excluding hydrogens is 549 g/mol. The van der Waals surface area contributed by atoms with E-state index in [0.717, 1.165) is 22.5 Å². The molecule has 0 N–H and O–H groups in total. The van der Waals surface area contributed by atoms with Gasteiger partial charge in [-0.2, -0.15) is 0 Å². The molecule has 2 aromatic carbocycles. The Kier molecular flexibility index (Phi) is 14.0. The summed E-state index contributed by atoms with van der Waals surface area (Å²) in [5.41, 5.74) is 6.38. The lowest BCUT2D eigenvalue weighted by atomic mass is 10.1. The zero-order valence-corrected chi connectivity index (χ0v) is 26.8. The van der Waals surface area contributed by atoms with Crippen molar-refractivity contribution in [3.8, 4) is 11.4 Å². The number of unbranched alkanes of at least 4 members (excludes halogenated alkanes) is 6. The summed E-state index contributed by atoms with van der Waals surface area (Å²) in [6.07, 6.45) is 22.9. The molecule has 0 aliphatic heterocycles. The zero-order valence-electron chi connectivity index (χ0n) is 25.2. The molecule has 0 unspecified atom stereocenters. The van der Waals surface area contributed by atoms with E-state index in [1.807, 2.05) is 48.1 Å². The maximum Gasteiger partial charge on any atom is 0.0892 e. The predicted octanol–water partition coefficient (Wildman–Crippen LogP) is 11.8. The van der Waals surface area contributed by atoms with Crippen molar-refractivity contribution in [2.75, 3.05) is 11.5 Å². The number of thioether (sulfide) groups is 2. The summed E-state index contributed by atoms with van der Waals surface area (Å²) >= 11 is 3.91. The van der Waals surface area contributed by atoms with Crippen molar-refractivity contribution in [1.29, 1.82) is 0 Å². The van der Waals surface area contributed by atoms with Gasteiger partial charge in [-0.3, -0.25) is 9.97 Å². The van der Waals surface area contributed by atoms with Crippen LogP contribution in [0.3, 0.4) is 0 Å². The third kappa shape index (κ3) is 11.3. The SMILES string of the molecule is CCCCCCSc1ccc(C=Cc2ccnc(-c3cc(C=Cc4ccc(SCCCCCC)cc4)ccn3)c2)cc1. The molecule has 42 heavy (non-hydrogen) atoms. The second kappa shape index (κ2) is 18.5. The van der Waals surface area contributed by atoms with Crippen LogP contribution < -0.4 is 0 Å². The average Bonchev–Trinajstić information content (AvgIpc) is 3.04. The van der Waals surface area contributed by atoms with Crippen LogP contribution in [0.5, 0.6) is 0 Å². The van der Waals surface area contributed by atoms with E-state index in [1.54, 1.807) is 0 Å². The van der Waals surface area contributed by atoms with Gasteiger partial charge in [-0.25, -0.2) is 0 Å². The fourth-order valence-corrected chi connectivity index (χ4v) is 6.38. The van der Waals surface area contributed by atoms with E-state index in [-0.39, 0.29) is 0 Å². The molecule has 0 fully saturated rings. The van der Waals surface area contributed by atoms with Crippen molar-refractivity contribution in [2.45, 2.75) is 75.0 Å². The van der Waals surface area contributed by atoms with Crippen LogP contribution >= 0.6 is 23.5 Å². The average molecular weight is 593 g/mol. The Morgan fingerprint density at radius 2 is 0.881 bits per heavy atom. The summed E-state index contributed by atoms with van der Waals surface area (Å²) in [6.45, 7) is 4.52. The van der Waals surface area contributed by atoms with Gasteiger partial charge in [-0.05, 0) is 95.1 Å². The second-order valence-corrected chi connectivity index (χ2v) is 12.9. The molecule has 0 bridgehead atoms. The molecular formula is C38H44N2S2. The minimum atomic E-state index is 0.877. The van der Waals surface area contributed by atoms with Gasteiger partial charge in [0.25, 0.3) is 0 Å². The van der Waals surface area contributed by atoms with Gasteiger partial charge in [-0.15, -0.1) is 23.5 Å². The maximum atomic E-state index is 4.61. The minimum absolute atomic E-state index is 0.877. The lowest BCUT2D eigenvalue weighted by Crippen LogP contribution is -1.88. The highest BCUT2D eigenvalue weighted by Crippen LogP contribution is 2.24. The first kappa shape index (κ1) is 31.8. The standard InChI is InChI=1S/C38H44N2S2/c1-3-5-7-9-27-41-35-19-15-31(16-20-35)11-13-33-23-25-39-37(29-33)38-30-34(24-26-40-38)14-12-32-17-21-36(22-18-32)42-28-10-8-6-4-2/h11-26,29-30H,3-10,27-28H2,1-2H3. The molecule has 0 saturated heterocycles. The third-order valence-electron chi connectivity index (χ3n) is 7.06. The lowest BCUT2D eigenvalue weighted by molar-refractivity contribution is 0.706. The number of benzene rings is 2. The first-order valence-corrected chi connectivity index (χ1v) is 17.4. The minimum Gasteiger partial charge on any atom is -0.255 e. The van der Waals surface area contributed by atoms with Gasteiger partial charge in [0.2, 0.25) is 0 Å². The number of pyridine rings is 2. The Balaban J connectivity index is 1.32. The fourth-order valence-electron chi connectivity index (χ4n) is 4.55. The monoisotopic (exact) mass is 592 g/mol. The van der Waals surface area contributed by atoms with Gasteiger partial charge in [0.15, 0.2) is 0 Å². The van der Waals surface area contributed by atoms with Crippen molar-refractivity contribution >= 4 is 47.8 Å². The zero-order chi connectivity index (χ0) is 29.2. The predicted molar refractivity (Wildman–Crippen MR) is 188 cm³/mol. The molecule has 0 spiro atoms. The summed E-state index contributed by atoms with van der Waals surface area (Å²) in [5, 5.41) is 0. The van der Waals surface area contributed by atoms with Crippen molar-refractivity contribution in [3.63, 3.8) is 0 Å². The van der Waals surface area contributed by atoms with Gasteiger partial charge < -0.3 is 0 Å². The van der Waals surface area contributed by atoms with Crippen LogP contribution in [0.1, 0.15) is 87.5 Å². The van der Waals surface area contributed by atoms with Crippen LogP contribution in [0.2, 0.25) is 0 Å². The first-order chi connectivity index (χ1) is 20.7. The Bertz CT molecular complexity index is 1280. The summed E-state index contributed by atoms with van der Waals surface area (Å²) < 4.78 is 0. The van der Waals surface area contributed by atoms with E-state index < -0.39 is 0 Å². The number of hydrogen-bond acceptors (Lipinski definition) is 4. The Hall–Kier alpha value is -3.08. The van der Waals surface area contributed by atoms with Crippen molar-refractivity contribution in [1.82, 2.24) is 9.97 Å². The molecule has 4 aromatic rings. The number of nitrogens with zero attached hydrogens (tertiary/aromatic N) is 2.